The molecule has 3 heterocycles. The van der Waals surface area contributed by atoms with Gasteiger partial charge >= 0.3 is 0 Å². The maximum Gasteiger partial charge on any atom is 0.246 e. The minimum absolute atomic E-state index is 0.322. The van der Waals surface area contributed by atoms with Crippen LogP contribution in [0.2, 0.25) is 0 Å². The predicted octanol–water partition coefficient (Wildman–Crippen LogP) is 4.20. The van der Waals surface area contributed by atoms with Gasteiger partial charge in [-0.3, -0.25) is 4.98 Å². The van der Waals surface area contributed by atoms with E-state index in [2.05, 4.69) is 23.0 Å². The molecule has 0 bridgehead atoms. The first-order valence-corrected chi connectivity index (χ1v) is 8.34. The van der Waals surface area contributed by atoms with Crippen molar-refractivity contribution in [1.82, 2.24) is 9.97 Å². The zero-order valence-corrected chi connectivity index (χ0v) is 13.9. The average Bonchev–Trinajstić information content (AvgIpc) is 3.04. The van der Waals surface area contributed by atoms with Crippen molar-refractivity contribution in [3.63, 3.8) is 0 Å². The number of oxazole rings is 1. The van der Waals surface area contributed by atoms with Crippen LogP contribution in [0.1, 0.15) is 36.3 Å². The Morgan fingerprint density at radius 3 is 2.79 bits per heavy atom. The van der Waals surface area contributed by atoms with Gasteiger partial charge in [0.25, 0.3) is 0 Å². The highest BCUT2D eigenvalue weighted by Gasteiger charge is 2.20. The highest BCUT2D eigenvalue weighted by molar-refractivity contribution is 5.76. The van der Waals surface area contributed by atoms with E-state index in [0.717, 1.165) is 59.5 Å². The number of aromatic nitrogens is 2. The van der Waals surface area contributed by atoms with E-state index in [1.165, 1.54) is 0 Å². The van der Waals surface area contributed by atoms with E-state index in [1.54, 1.807) is 6.20 Å². The number of fused-ring (bicyclic) bond motifs is 1. The number of ether oxygens (including phenoxy) is 2. The summed E-state index contributed by atoms with van der Waals surface area (Å²) in [6.45, 7) is 5.58. The highest BCUT2D eigenvalue weighted by Crippen LogP contribution is 2.29. The fourth-order valence-corrected chi connectivity index (χ4v) is 2.94. The van der Waals surface area contributed by atoms with Crippen molar-refractivity contribution in [2.75, 3.05) is 13.2 Å². The topological polar surface area (TPSA) is 57.4 Å². The van der Waals surface area contributed by atoms with Gasteiger partial charge in [-0.2, -0.15) is 0 Å². The maximum atomic E-state index is 5.90. The number of benzene rings is 1. The van der Waals surface area contributed by atoms with E-state index >= 15 is 0 Å². The van der Waals surface area contributed by atoms with Crippen LogP contribution in [0.25, 0.3) is 22.7 Å². The molecule has 0 N–H and O–H groups in total. The summed E-state index contributed by atoms with van der Waals surface area (Å²) in [6.07, 6.45) is 3.24. The summed E-state index contributed by atoms with van der Waals surface area (Å²) in [6, 6.07) is 8.07. The largest absolute Gasteiger partial charge is 0.435 e. The van der Waals surface area contributed by atoms with E-state index in [9.17, 15) is 0 Å². The second-order valence-electron chi connectivity index (χ2n) is 6.05. The molecule has 0 saturated carbocycles. The van der Waals surface area contributed by atoms with Gasteiger partial charge in [0.2, 0.25) is 5.89 Å². The molecule has 0 unspecified atom stereocenters. The van der Waals surface area contributed by atoms with E-state index < -0.39 is 0 Å². The Kier molecular flexibility index (Phi) is 4.04. The second kappa shape index (κ2) is 6.34. The number of rotatable bonds is 3. The third kappa shape index (κ3) is 2.81. The molecule has 1 fully saturated rings. The van der Waals surface area contributed by atoms with Gasteiger partial charge in [0.15, 0.2) is 11.9 Å². The molecule has 3 aromatic rings. The molecule has 1 aliphatic rings. The quantitative estimate of drug-likeness (QED) is 0.723. The molecular weight excluding hydrogens is 304 g/mol. The van der Waals surface area contributed by atoms with Gasteiger partial charge < -0.3 is 13.9 Å². The summed E-state index contributed by atoms with van der Waals surface area (Å²) < 4.78 is 17.2. The zero-order chi connectivity index (χ0) is 16.5. The van der Waals surface area contributed by atoms with Gasteiger partial charge in [-0.1, -0.05) is 13.0 Å². The Bertz CT molecular complexity index is 866. The number of nitrogens with zero attached hydrogens (tertiary/aromatic N) is 2. The summed E-state index contributed by atoms with van der Waals surface area (Å²) in [4.78, 5) is 9.20. The van der Waals surface area contributed by atoms with Crippen LogP contribution >= 0.6 is 0 Å². The first-order valence-electron chi connectivity index (χ1n) is 8.34. The molecule has 1 aromatic carbocycles. The molecule has 5 nitrogen and oxygen atoms in total. The van der Waals surface area contributed by atoms with Crippen LogP contribution < -0.4 is 0 Å². The molecule has 2 aromatic heterocycles. The van der Waals surface area contributed by atoms with Crippen molar-refractivity contribution in [2.45, 2.75) is 33.0 Å². The number of aryl methyl sites for hydroxylation is 2. The second-order valence-corrected chi connectivity index (χ2v) is 6.05. The van der Waals surface area contributed by atoms with Crippen molar-refractivity contribution in [3.8, 4) is 11.6 Å². The zero-order valence-electron chi connectivity index (χ0n) is 13.9. The Morgan fingerprint density at radius 1 is 1.17 bits per heavy atom. The van der Waals surface area contributed by atoms with E-state index in [4.69, 9.17) is 13.9 Å². The number of hydrogen-bond acceptors (Lipinski definition) is 5. The lowest BCUT2D eigenvalue weighted by Crippen LogP contribution is -2.18. The molecule has 4 rings (SSSR count). The predicted molar refractivity (Wildman–Crippen MR) is 90.6 cm³/mol. The average molecular weight is 324 g/mol. The molecule has 0 aliphatic carbocycles. The molecule has 5 heteroatoms. The van der Waals surface area contributed by atoms with Crippen LogP contribution in [-0.2, 0) is 15.9 Å². The van der Waals surface area contributed by atoms with Gasteiger partial charge in [0.1, 0.15) is 11.2 Å². The molecule has 0 atom stereocenters. The third-order valence-corrected chi connectivity index (χ3v) is 4.21. The summed E-state index contributed by atoms with van der Waals surface area (Å²) in [5, 5.41) is 0. The van der Waals surface area contributed by atoms with Crippen LogP contribution in [-0.4, -0.2) is 23.2 Å². The van der Waals surface area contributed by atoms with Crippen molar-refractivity contribution < 1.29 is 13.9 Å². The first kappa shape index (κ1) is 15.3. The lowest BCUT2D eigenvalue weighted by molar-refractivity contribution is -0.183. The summed E-state index contributed by atoms with van der Waals surface area (Å²) >= 11 is 0. The first-order chi connectivity index (χ1) is 11.7. The Balaban J connectivity index is 1.73. The normalized spacial score (nSPS) is 15.9. The molecule has 0 spiro atoms. The van der Waals surface area contributed by atoms with Crippen LogP contribution in [0.3, 0.4) is 0 Å². The molecule has 1 saturated heterocycles. The van der Waals surface area contributed by atoms with Crippen molar-refractivity contribution in [3.05, 3.63) is 47.2 Å². The standard InChI is InChI=1S/C19H20N2O3/c1-3-13-10-14(19-22-7-4-8-23-19)11-20-17(13)18-21-15-9-12(2)5-6-16(15)24-18/h5-6,9-11,19H,3-4,7-8H2,1-2H3. The highest BCUT2D eigenvalue weighted by atomic mass is 16.7. The van der Waals surface area contributed by atoms with Gasteiger partial charge in [0.05, 0.1) is 13.2 Å². The van der Waals surface area contributed by atoms with E-state index in [0.29, 0.717) is 5.89 Å². The monoisotopic (exact) mass is 324 g/mol. The van der Waals surface area contributed by atoms with Gasteiger partial charge in [0, 0.05) is 11.8 Å². The van der Waals surface area contributed by atoms with Crippen LogP contribution in [0, 0.1) is 6.92 Å². The fourth-order valence-electron chi connectivity index (χ4n) is 2.94. The molecule has 24 heavy (non-hydrogen) atoms. The van der Waals surface area contributed by atoms with E-state index in [1.807, 2.05) is 25.1 Å². The molecule has 124 valence electrons. The van der Waals surface area contributed by atoms with Crippen molar-refractivity contribution >= 4 is 11.1 Å². The van der Waals surface area contributed by atoms with Crippen LogP contribution in [0.5, 0.6) is 0 Å². The van der Waals surface area contributed by atoms with Crippen molar-refractivity contribution in [2.24, 2.45) is 0 Å². The van der Waals surface area contributed by atoms with Gasteiger partial charge in [-0.25, -0.2) is 4.98 Å². The molecule has 0 radical (unpaired) electrons. The Hall–Kier alpha value is -2.24. The molecule has 0 amide bonds. The van der Waals surface area contributed by atoms with Crippen molar-refractivity contribution in [1.29, 1.82) is 0 Å². The van der Waals surface area contributed by atoms with Crippen LogP contribution in [0.15, 0.2) is 34.9 Å². The lowest BCUT2D eigenvalue weighted by Gasteiger charge is -2.23. The van der Waals surface area contributed by atoms with Crippen LogP contribution in [0.4, 0.5) is 0 Å². The minimum atomic E-state index is -0.322. The summed E-state index contributed by atoms with van der Waals surface area (Å²) in [5.74, 6) is 0.560. The third-order valence-electron chi connectivity index (χ3n) is 4.21. The fraction of sp³-hybridized carbons (Fsp3) is 0.368. The number of hydrogen-bond donors (Lipinski definition) is 0. The van der Waals surface area contributed by atoms with E-state index in [-0.39, 0.29) is 6.29 Å². The minimum Gasteiger partial charge on any atom is -0.435 e. The van der Waals surface area contributed by atoms with Gasteiger partial charge in [-0.05, 0) is 49.1 Å². The SMILES string of the molecule is CCc1cc(C2OCCCO2)cnc1-c1nc2cc(C)ccc2o1. The molecular formula is C19H20N2O3. The maximum absolute atomic E-state index is 5.90. The summed E-state index contributed by atoms with van der Waals surface area (Å²) in [5.41, 5.74) is 5.61. The smallest absolute Gasteiger partial charge is 0.246 e. The molecule has 1 aliphatic heterocycles. The number of pyridine rings is 1. The van der Waals surface area contributed by atoms with Gasteiger partial charge in [-0.15, -0.1) is 0 Å². The Morgan fingerprint density at radius 2 is 2.00 bits per heavy atom. The lowest BCUT2D eigenvalue weighted by atomic mass is 10.1. The Labute approximate surface area is 140 Å². The summed E-state index contributed by atoms with van der Waals surface area (Å²) in [7, 11) is 0.